The van der Waals surface area contributed by atoms with Gasteiger partial charge in [0.2, 0.25) is 5.91 Å². The Morgan fingerprint density at radius 2 is 1.95 bits per heavy atom. The second-order valence-electron chi connectivity index (χ2n) is 5.42. The standard InChI is InChI=1S/C16H24N2O3/c1-5-13(4)18(10-16(20)21)9-15(19)17-14-7-6-11(2)8-12(14)3/h6-8,13H,5,9-10H2,1-4H3,(H,17,19)(H,20,21). The number of benzene rings is 1. The molecule has 1 aromatic rings. The minimum absolute atomic E-state index is 0.0472. The first kappa shape index (κ1) is 17.2. The Labute approximate surface area is 126 Å². The van der Waals surface area contributed by atoms with Gasteiger partial charge in [0.15, 0.2) is 0 Å². The van der Waals surface area contributed by atoms with Crippen LogP contribution in [-0.2, 0) is 9.59 Å². The number of hydrogen-bond donors (Lipinski definition) is 2. The Morgan fingerprint density at radius 3 is 2.48 bits per heavy atom. The van der Waals surface area contributed by atoms with E-state index in [4.69, 9.17) is 5.11 Å². The normalized spacial score (nSPS) is 12.2. The van der Waals surface area contributed by atoms with Gasteiger partial charge in [0.25, 0.3) is 0 Å². The van der Waals surface area contributed by atoms with Crippen LogP contribution in [0.25, 0.3) is 0 Å². The van der Waals surface area contributed by atoms with E-state index >= 15 is 0 Å². The van der Waals surface area contributed by atoms with Crippen molar-refractivity contribution in [2.24, 2.45) is 0 Å². The van der Waals surface area contributed by atoms with Gasteiger partial charge in [-0.1, -0.05) is 24.6 Å². The molecule has 0 bridgehead atoms. The summed E-state index contributed by atoms with van der Waals surface area (Å²) in [4.78, 5) is 24.7. The van der Waals surface area contributed by atoms with Crippen molar-refractivity contribution in [1.29, 1.82) is 0 Å². The molecule has 1 unspecified atom stereocenters. The number of carbonyl (C=O) groups excluding carboxylic acids is 1. The van der Waals surface area contributed by atoms with Crippen LogP contribution in [0.15, 0.2) is 18.2 Å². The summed E-state index contributed by atoms with van der Waals surface area (Å²) in [6, 6.07) is 5.85. The molecule has 0 aliphatic rings. The van der Waals surface area contributed by atoms with E-state index < -0.39 is 5.97 Å². The smallest absolute Gasteiger partial charge is 0.317 e. The Balaban J connectivity index is 2.71. The van der Waals surface area contributed by atoms with E-state index in [2.05, 4.69) is 5.32 Å². The molecule has 5 nitrogen and oxygen atoms in total. The molecule has 5 heteroatoms. The van der Waals surface area contributed by atoms with Crippen molar-refractivity contribution in [3.05, 3.63) is 29.3 Å². The summed E-state index contributed by atoms with van der Waals surface area (Å²) in [7, 11) is 0. The van der Waals surface area contributed by atoms with E-state index in [1.54, 1.807) is 4.90 Å². The van der Waals surface area contributed by atoms with Crippen LogP contribution >= 0.6 is 0 Å². The summed E-state index contributed by atoms with van der Waals surface area (Å²) in [6.07, 6.45) is 0.796. The molecule has 0 spiro atoms. The number of amides is 1. The molecule has 0 aliphatic heterocycles. The number of nitrogens with zero attached hydrogens (tertiary/aromatic N) is 1. The average Bonchev–Trinajstić information content (AvgIpc) is 2.39. The molecule has 0 heterocycles. The van der Waals surface area contributed by atoms with Crippen LogP contribution in [-0.4, -0.2) is 41.0 Å². The lowest BCUT2D eigenvalue weighted by molar-refractivity contribution is -0.139. The molecule has 1 amide bonds. The number of carboxylic acids is 1. The van der Waals surface area contributed by atoms with Crippen molar-refractivity contribution in [2.75, 3.05) is 18.4 Å². The van der Waals surface area contributed by atoms with Crippen molar-refractivity contribution in [1.82, 2.24) is 4.90 Å². The van der Waals surface area contributed by atoms with Crippen LogP contribution in [0.4, 0.5) is 5.69 Å². The number of rotatable bonds is 7. The van der Waals surface area contributed by atoms with Crippen molar-refractivity contribution < 1.29 is 14.7 Å². The van der Waals surface area contributed by atoms with Gasteiger partial charge >= 0.3 is 5.97 Å². The first-order valence-electron chi connectivity index (χ1n) is 7.16. The molecule has 0 fully saturated rings. The van der Waals surface area contributed by atoms with Gasteiger partial charge in [0, 0.05) is 11.7 Å². The number of anilines is 1. The summed E-state index contributed by atoms with van der Waals surface area (Å²) in [5.74, 6) is -1.11. The van der Waals surface area contributed by atoms with E-state index in [0.717, 1.165) is 23.2 Å². The summed E-state index contributed by atoms with van der Waals surface area (Å²) in [6.45, 7) is 7.78. The molecule has 1 atom stereocenters. The molecular weight excluding hydrogens is 268 g/mol. The number of hydrogen-bond acceptors (Lipinski definition) is 3. The second-order valence-corrected chi connectivity index (χ2v) is 5.42. The number of carbonyl (C=O) groups is 2. The van der Waals surface area contributed by atoms with Crippen molar-refractivity contribution >= 4 is 17.6 Å². The zero-order chi connectivity index (χ0) is 16.0. The van der Waals surface area contributed by atoms with Gasteiger partial charge in [-0.15, -0.1) is 0 Å². The molecule has 0 aliphatic carbocycles. The van der Waals surface area contributed by atoms with Crippen molar-refractivity contribution in [3.8, 4) is 0 Å². The van der Waals surface area contributed by atoms with Gasteiger partial charge in [-0.25, -0.2) is 0 Å². The topological polar surface area (TPSA) is 69.6 Å². The number of carboxylic acid groups (broad SMARTS) is 1. The number of aryl methyl sites for hydroxylation is 2. The van der Waals surface area contributed by atoms with Gasteiger partial charge in [0.05, 0.1) is 13.1 Å². The maximum absolute atomic E-state index is 12.1. The predicted molar refractivity (Wildman–Crippen MR) is 83.5 cm³/mol. The highest BCUT2D eigenvalue weighted by Crippen LogP contribution is 2.16. The largest absolute Gasteiger partial charge is 0.480 e. The van der Waals surface area contributed by atoms with Crippen molar-refractivity contribution in [2.45, 2.75) is 40.2 Å². The monoisotopic (exact) mass is 292 g/mol. The molecule has 0 saturated carbocycles. The lowest BCUT2D eigenvalue weighted by Gasteiger charge is -2.26. The highest BCUT2D eigenvalue weighted by molar-refractivity contribution is 5.93. The molecule has 0 radical (unpaired) electrons. The minimum Gasteiger partial charge on any atom is -0.480 e. The van der Waals surface area contributed by atoms with E-state index in [1.165, 1.54) is 0 Å². The maximum atomic E-state index is 12.1. The molecule has 1 aromatic carbocycles. The SMILES string of the molecule is CCC(C)N(CC(=O)O)CC(=O)Nc1ccc(C)cc1C. The quantitative estimate of drug-likeness (QED) is 0.810. The first-order valence-corrected chi connectivity index (χ1v) is 7.16. The fourth-order valence-corrected chi connectivity index (χ4v) is 2.13. The number of nitrogens with one attached hydrogen (secondary N) is 1. The fourth-order valence-electron chi connectivity index (χ4n) is 2.13. The summed E-state index contributed by atoms with van der Waals surface area (Å²) >= 11 is 0. The molecule has 116 valence electrons. The molecular formula is C16H24N2O3. The molecule has 0 saturated heterocycles. The lowest BCUT2D eigenvalue weighted by atomic mass is 10.1. The van der Waals surface area contributed by atoms with E-state index in [-0.39, 0.29) is 25.0 Å². The third-order valence-electron chi connectivity index (χ3n) is 3.56. The van der Waals surface area contributed by atoms with Gasteiger partial charge in [-0.2, -0.15) is 0 Å². The Hall–Kier alpha value is -1.88. The Morgan fingerprint density at radius 1 is 1.29 bits per heavy atom. The molecule has 2 N–H and O–H groups in total. The predicted octanol–water partition coefficient (Wildman–Crippen LogP) is 2.43. The first-order chi connectivity index (χ1) is 9.83. The van der Waals surface area contributed by atoms with Crippen LogP contribution in [0.5, 0.6) is 0 Å². The lowest BCUT2D eigenvalue weighted by Crippen LogP contribution is -2.42. The number of aliphatic carboxylic acids is 1. The average molecular weight is 292 g/mol. The zero-order valence-corrected chi connectivity index (χ0v) is 13.1. The van der Waals surface area contributed by atoms with Crippen LogP contribution in [0.3, 0.4) is 0 Å². The summed E-state index contributed by atoms with van der Waals surface area (Å²) in [5.41, 5.74) is 2.90. The van der Waals surface area contributed by atoms with Crippen LogP contribution in [0, 0.1) is 13.8 Å². The van der Waals surface area contributed by atoms with Gasteiger partial charge < -0.3 is 10.4 Å². The van der Waals surface area contributed by atoms with E-state index in [1.807, 2.05) is 45.9 Å². The molecule has 21 heavy (non-hydrogen) atoms. The summed E-state index contributed by atoms with van der Waals surface area (Å²) < 4.78 is 0. The van der Waals surface area contributed by atoms with E-state index in [9.17, 15) is 9.59 Å². The van der Waals surface area contributed by atoms with E-state index in [0.29, 0.717) is 0 Å². The second kappa shape index (κ2) is 7.78. The van der Waals surface area contributed by atoms with Gasteiger partial charge in [0.1, 0.15) is 0 Å². The fraction of sp³-hybridized carbons (Fsp3) is 0.500. The molecule has 0 aromatic heterocycles. The van der Waals surface area contributed by atoms with Crippen molar-refractivity contribution in [3.63, 3.8) is 0 Å². The van der Waals surface area contributed by atoms with Gasteiger partial charge in [-0.3, -0.25) is 14.5 Å². The van der Waals surface area contributed by atoms with Crippen LogP contribution < -0.4 is 5.32 Å². The Kier molecular flexibility index (Phi) is 6.37. The minimum atomic E-state index is -0.922. The highest BCUT2D eigenvalue weighted by Gasteiger charge is 2.19. The van der Waals surface area contributed by atoms with Crippen LogP contribution in [0.2, 0.25) is 0 Å². The summed E-state index contributed by atoms with van der Waals surface area (Å²) in [5, 5.41) is 11.8. The third kappa shape index (κ3) is 5.55. The molecule has 1 rings (SSSR count). The Bertz CT molecular complexity index is 514. The van der Waals surface area contributed by atoms with Gasteiger partial charge in [-0.05, 0) is 38.8 Å². The van der Waals surface area contributed by atoms with Crippen LogP contribution in [0.1, 0.15) is 31.4 Å². The third-order valence-corrected chi connectivity index (χ3v) is 3.56. The highest BCUT2D eigenvalue weighted by atomic mass is 16.4. The maximum Gasteiger partial charge on any atom is 0.317 e. The zero-order valence-electron chi connectivity index (χ0n) is 13.1.